The molecule has 0 spiro atoms. The predicted octanol–water partition coefficient (Wildman–Crippen LogP) is 5.52. The van der Waals surface area contributed by atoms with Crippen LogP contribution in [0, 0.1) is 0 Å². The Morgan fingerprint density at radius 1 is 1.21 bits per heavy atom. The van der Waals surface area contributed by atoms with Crippen molar-refractivity contribution in [1.29, 1.82) is 0 Å². The zero-order valence-electron chi connectivity index (χ0n) is 16.6. The number of fused-ring (bicyclic) bond motifs is 1. The molecule has 4 nitrogen and oxygen atoms in total. The largest absolute Gasteiger partial charge is 0.481 e. The number of carboxylic acid groups (broad SMARTS) is 1. The summed E-state index contributed by atoms with van der Waals surface area (Å²) in [7, 11) is 0. The molecule has 29 heavy (non-hydrogen) atoms. The van der Waals surface area contributed by atoms with Crippen LogP contribution in [0.3, 0.4) is 0 Å². The van der Waals surface area contributed by atoms with Crippen LogP contribution in [0.25, 0.3) is 0 Å². The zero-order chi connectivity index (χ0) is 20.2. The van der Waals surface area contributed by atoms with Crippen molar-refractivity contribution in [1.82, 2.24) is 4.98 Å². The summed E-state index contributed by atoms with van der Waals surface area (Å²) in [6, 6.07) is 13.0. The maximum atomic E-state index is 11.2. The minimum absolute atomic E-state index is 0.123. The van der Waals surface area contributed by atoms with E-state index in [0.29, 0.717) is 12.5 Å². The summed E-state index contributed by atoms with van der Waals surface area (Å²) < 4.78 is 0. The highest BCUT2D eigenvalue weighted by Crippen LogP contribution is 2.35. The highest BCUT2D eigenvalue weighted by atomic mass is 32.1. The van der Waals surface area contributed by atoms with Crippen LogP contribution in [0.5, 0.6) is 0 Å². The molecule has 0 bridgehead atoms. The number of hydrogen-bond acceptors (Lipinski definition) is 5. The molecule has 1 N–H and O–H groups in total. The number of aliphatic carboxylic acids is 1. The molecule has 0 saturated carbocycles. The number of aromatic nitrogens is 1. The number of thiophene rings is 1. The number of anilines is 1. The first kappa shape index (κ1) is 20.1. The smallest absolute Gasteiger partial charge is 0.305 e. The minimum atomic E-state index is -0.768. The van der Waals surface area contributed by atoms with Gasteiger partial charge in [-0.15, -0.1) is 22.7 Å². The molecule has 1 aliphatic carbocycles. The Labute approximate surface area is 179 Å². The van der Waals surface area contributed by atoms with Crippen molar-refractivity contribution in [2.45, 2.75) is 51.5 Å². The van der Waals surface area contributed by atoms with Crippen LogP contribution in [0.2, 0.25) is 0 Å². The Balaban J connectivity index is 1.51. The van der Waals surface area contributed by atoms with Gasteiger partial charge in [0.05, 0.1) is 18.7 Å². The van der Waals surface area contributed by atoms with E-state index in [1.165, 1.54) is 20.9 Å². The van der Waals surface area contributed by atoms with Crippen molar-refractivity contribution in [3.63, 3.8) is 0 Å². The Morgan fingerprint density at radius 2 is 2.00 bits per heavy atom. The fraction of sp³-hybridized carbons (Fsp3) is 0.391. The summed E-state index contributed by atoms with van der Waals surface area (Å²) in [5.41, 5.74) is 4.05. The maximum Gasteiger partial charge on any atom is 0.305 e. The molecule has 1 atom stereocenters. The molecule has 4 rings (SSSR count). The van der Waals surface area contributed by atoms with Gasteiger partial charge in [-0.05, 0) is 48.9 Å². The Kier molecular flexibility index (Phi) is 6.31. The summed E-state index contributed by atoms with van der Waals surface area (Å²) in [6.07, 6.45) is 4.42. The van der Waals surface area contributed by atoms with E-state index in [9.17, 15) is 9.90 Å². The second-order valence-corrected chi connectivity index (χ2v) is 9.64. The zero-order valence-corrected chi connectivity index (χ0v) is 18.3. The number of hydrogen-bond donors (Lipinski definition) is 1. The summed E-state index contributed by atoms with van der Waals surface area (Å²) >= 11 is 3.45. The van der Waals surface area contributed by atoms with E-state index >= 15 is 0 Å². The summed E-state index contributed by atoms with van der Waals surface area (Å²) in [4.78, 5) is 20.9. The van der Waals surface area contributed by atoms with Crippen molar-refractivity contribution in [3.8, 4) is 0 Å². The SMILES string of the molecule is CCc1ccc(CN(CCC(=O)O)c2nc(C3CCc4ccccc4C3)cs2)s1. The highest BCUT2D eigenvalue weighted by molar-refractivity contribution is 7.14. The van der Waals surface area contributed by atoms with Crippen LogP contribution in [0.4, 0.5) is 5.13 Å². The van der Waals surface area contributed by atoms with Gasteiger partial charge in [0, 0.05) is 27.6 Å². The van der Waals surface area contributed by atoms with Gasteiger partial charge in [0.15, 0.2) is 5.13 Å². The molecule has 0 fully saturated rings. The molecule has 0 radical (unpaired) electrons. The van der Waals surface area contributed by atoms with E-state index in [0.717, 1.165) is 43.1 Å². The van der Waals surface area contributed by atoms with E-state index in [-0.39, 0.29) is 6.42 Å². The number of rotatable bonds is 8. The molecule has 2 aromatic heterocycles. The quantitative estimate of drug-likeness (QED) is 0.515. The molecule has 1 aromatic carbocycles. The van der Waals surface area contributed by atoms with E-state index in [4.69, 9.17) is 4.98 Å². The van der Waals surface area contributed by atoms with Crippen molar-refractivity contribution in [2.24, 2.45) is 0 Å². The number of thiazole rings is 1. The van der Waals surface area contributed by atoms with E-state index in [1.54, 1.807) is 22.7 Å². The maximum absolute atomic E-state index is 11.2. The van der Waals surface area contributed by atoms with Gasteiger partial charge in [-0.2, -0.15) is 0 Å². The molecular weight excluding hydrogens is 400 g/mol. The highest BCUT2D eigenvalue weighted by Gasteiger charge is 2.23. The van der Waals surface area contributed by atoms with Crippen molar-refractivity contribution < 1.29 is 9.90 Å². The molecule has 1 aliphatic rings. The standard InChI is InChI=1S/C23H26N2O2S2/c1-2-19-9-10-20(29-19)14-25(12-11-22(26)27)23-24-21(15-28-23)18-8-7-16-5-3-4-6-17(16)13-18/h3-6,9-10,15,18H,2,7-8,11-14H2,1H3,(H,26,27). The third-order valence-electron chi connectivity index (χ3n) is 5.55. The first-order valence-electron chi connectivity index (χ1n) is 10.2. The van der Waals surface area contributed by atoms with Gasteiger partial charge in [-0.1, -0.05) is 31.2 Å². The van der Waals surface area contributed by atoms with E-state index in [1.807, 2.05) is 0 Å². The second kappa shape index (κ2) is 9.09. The lowest BCUT2D eigenvalue weighted by Gasteiger charge is -2.23. The average Bonchev–Trinajstić information content (AvgIpc) is 3.40. The van der Waals surface area contributed by atoms with Gasteiger partial charge in [0.2, 0.25) is 0 Å². The molecule has 0 amide bonds. The molecular formula is C23H26N2O2S2. The normalized spacial score (nSPS) is 15.8. The van der Waals surface area contributed by atoms with Crippen LogP contribution in [0.1, 0.15) is 52.3 Å². The number of nitrogens with zero attached hydrogens (tertiary/aromatic N) is 2. The number of carbonyl (C=O) groups is 1. The predicted molar refractivity (Wildman–Crippen MR) is 120 cm³/mol. The molecule has 3 aromatic rings. The van der Waals surface area contributed by atoms with Crippen molar-refractivity contribution in [3.05, 3.63) is 68.4 Å². The molecule has 0 aliphatic heterocycles. The fourth-order valence-electron chi connectivity index (χ4n) is 3.92. The fourth-order valence-corrected chi connectivity index (χ4v) is 5.83. The molecule has 6 heteroatoms. The van der Waals surface area contributed by atoms with Crippen LogP contribution in [-0.2, 0) is 30.6 Å². The van der Waals surface area contributed by atoms with Crippen LogP contribution >= 0.6 is 22.7 Å². The van der Waals surface area contributed by atoms with Crippen LogP contribution in [0.15, 0.2) is 41.8 Å². The second-order valence-electron chi connectivity index (χ2n) is 7.55. The summed E-state index contributed by atoms with van der Waals surface area (Å²) in [5, 5.41) is 12.3. The van der Waals surface area contributed by atoms with Gasteiger partial charge in [-0.3, -0.25) is 4.79 Å². The first-order chi connectivity index (χ1) is 14.1. The lowest BCUT2D eigenvalue weighted by atomic mass is 9.82. The topological polar surface area (TPSA) is 53.4 Å². The monoisotopic (exact) mass is 426 g/mol. The molecule has 2 heterocycles. The van der Waals surface area contributed by atoms with Gasteiger partial charge in [0.1, 0.15) is 0 Å². The Bertz CT molecular complexity index is 979. The molecule has 152 valence electrons. The Hall–Kier alpha value is -2.18. The third kappa shape index (κ3) is 4.87. The number of aryl methyl sites for hydroxylation is 2. The average molecular weight is 427 g/mol. The van der Waals surface area contributed by atoms with Gasteiger partial charge in [0.25, 0.3) is 0 Å². The molecule has 0 saturated heterocycles. The lowest BCUT2D eigenvalue weighted by molar-refractivity contribution is -0.136. The summed E-state index contributed by atoms with van der Waals surface area (Å²) in [5.74, 6) is -0.319. The number of benzene rings is 1. The summed E-state index contributed by atoms with van der Waals surface area (Å²) in [6.45, 7) is 3.36. The van der Waals surface area contributed by atoms with Crippen molar-refractivity contribution >= 4 is 33.8 Å². The van der Waals surface area contributed by atoms with E-state index in [2.05, 4.69) is 53.6 Å². The minimum Gasteiger partial charge on any atom is -0.481 e. The first-order valence-corrected chi connectivity index (χ1v) is 11.9. The van der Waals surface area contributed by atoms with Crippen molar-refractivity contribution in [2.75, 3.05) is 11.4 Å². The third-order valence-corrected chi connectivity index (χ3v) is 7.69. The molecule has 1 unspecified atom stereocenters. The van der Waals surface area contributed by atoms with Gasteiger partial charge >= 0.3 is 5.97 Å². The number of carboxylic acids is 1. The van der Waals surface area contributed by atoms with E-state index < -0.39 is 5.97 Å². The van der Waals surface area contributed by atoms with Gasteiger partial charge in [-0.25, -0.2) is 4.98 Å². The lowest BCUT2D eigenvalue weighted by Crippen LogP contribution is -2.25. The van der Waals surface area contributed by atoms with Crippen LogP contribution in [-0.4, -0.2) is 22.6 Å². The van der Waals surface area contributed by atoms with Gasteiger partial charge < -0.3 is 10.0 Å². The van der Waals surface area contributed by atoms with Crippen LogP contribution < -0.4 is 4.90 Å². The Morgan fingerprint density at radius 3 is 2.76 bits per heavy atom.